The number of halogens is 4. The van der Waals surface area contributed by atoms with Gasteiger partial charge in [0.25, 0.3) is 0 Å². The molecule has 3 rings (SSSR count). The van der Waals surface area contributed by atoms with Crippen LogP contribution in [-0.4, -0.2) is 37.3 Å². The van der Waals surface area contributed by atoms with Gasteiger partial charge in [-0.3, -0.25) is 9.59 Å². The number of ketones is 1. The molecular formula is C26H26F4N2O3. The number of ether oxygens (including phenoxy) is 1. The summed E-state index contributed by atoms with van der Waals surface area (Å²) in [7, 11) is 3.32. The molecule has 1 aliphatic carbocycles. The second kappa shape index (κ2) is 10.9. The minimum absolute atomic E-state index is 0.0209. The van der Waals surface area contributed by atoms with Gasteiger partial charge >= 0.3 is 6.18 Å². The molecule has 0 fully saturated rings. The third-order valence-corrected chi connectivity index (χ3v) is 5.29. The number of rotatable bonds is 8. The van der Waals surface area contributed by atoms with Crippen molar-refractivity contribution < 1.29 is 31.9 Å². The van der Waals surface area contributed by atoms with Gasteiger partial charge in [-0.1, -0.05) is 24.3 Å². The highest BCUT2D eigenvalue weighted by atomic mass is 19.4. The fourth-order valence-electron chi connectivity index (χ4n) is 3.71. The van der Waals surface area contributed by atoms with Gasteiger partial charge in [0.05, 0.1) is 18.6 Å². The van der Waals surface area contributed by atoms with Crippen LogP contribution >= 0.6 is 0 Å². The molecule has 1 amide bonds. The lowest BCUT2D eigenvalue weighted by molar-refractivity contribution is -0.138. The van der Waals surface area contributed by atoms with Crippen LogP contribution in [0.2, 0.25) is 0 Å². The van der Waals surface area contributed by atoms with Crippen LogP contribution < -0.4 is 5.32 Å². The standard InChI is InChI=1S/C26H26F4N2O3/c1-4-35-24-12-17(8-10-23(24)33)16-5-6-18(22(27)11-16)13-25(34)31-20-9-7-19(15-32(2)3)21(14-20)26(28,29)30/h5-9,11-12,14H,4,10,13,15H2,1-3H3,(H,31,34). The van der Waals surface area contributed by atoms with Crippen LogP contribution in [0.15, 0.2) is 54.3 Å². The van der Waals surface area contributed by atoms with Crippen LogP contribution in [0.1, 0.15) is 35.6 Å². The number of alkyl halides is 3. The molecule has 35 heavy (non-hydrogen) atoms. The van der Waals surface area contributed by atoms with Crippen molar-refractivity contribution in [1.82, 2.24) is 4.90 Å². The molecule has 0 atom stereocenters. The fraction of sp³-hybridized carbons (Fsp3) is 0.308. The number of nitrogens with one attached hydrogen (secondary N) is 1. The van der Waals surface area contributed by atoms with Gasteiger partial charge < -0.3 is 15.0 Å². The van der Waals surface area contributed by atoms with E-state index in [0.717, 1.165) is 6.07 Å². The number of hydrogen-bond acceptors (Lipinski definition) is 4. The zero-order valence-corrected chi connectivity index (χ0v) is 19.6. The van der Waals surface area contributed by atoms with Crippen molar-refractivity contribution >= 4 is 23.0 Å². The lowest BCUT2D eigenvalue weighted by atomic mass is 9.96. The topological polar surface area (TPSA) is 58.6 Å². The molecule has 0 saturated carbocycles. The second-order valence-electron chi connectivity index (χ2n) is 8.37. The Morgan fingerprint density at radius 1 is 1.11 bits per heavy atom. The monoisotopic (exact) mass is 490 g/mol. The maximum atomic E-state index is 14.7. The molecule has 186 valence electrons. The van der Waals surface area contributed by atoms with Crippen molar-refractivity contribution in [2.45, 2.75) is 32.5 Å². The summed E-state index contributed by atoms with van der Waals surface area (Å²) >= 11 is 0. The molecule has 0 radical (unpaired) electrons. The van der Waals surface area contributed by atoms with Crippen LogP contribution in [0.3, 0.4) is 0 Å². The summed E-state index contributed by atoms with van der Waals surface area (Å²) in [6.45, 7) is 2.18. The van der Waals surface area contributed by atoms with Gasteiger partial charge in [0, 0.05) is 18.7 Å². The Kier molecular flexibility index (Phi) is 8.11. The number of benzene rings is 2. The van der Waals surface area contributed by atoms with E-state index in [2.05, 4.69) is 5.32 Å². The summed E-state index contributed by atoms with van der Waals surface area (Å²) in [5.41, 5.74) is 0.462. The quantitative estimate of drug-likeness (QED) is 0.506. The van der Waals surface area contributed by atoms with E-state index in [9.17, 15) is 27.2 Å². The molecule has 0 aliphatic heterocycles. The third kappa shape index (κ3) is 6.79. The summed E-state index contributed by atoms with van der Waals surface area (Å²) in [5.74, 6) is -1.23. The SMILES string of the molecule is CCOC1=CC(c2ccc(CC(=O)Nc3ccc(CN(C)C)c(C(F)(F)F)c3)c(F)c2)=CCC1=O. The summed E-state index contributed by atoms with van der Waals surface area (Å²) in [4.78, 5) is 25.9. The van der Waals surface area contributed by atoms with Crippen LogP contribution in [0.5, 0.6) is 0 Å². The summed E-state index contributed by atoms with van der Waals surface area (Å²) in [5, 5.41) is 2.42. The Morgan fingerprint density at radius 2 is 1.83 bits per heavy atom. The molecule has 5 nitrogen and oxygen atoms in total. The highest BCUT2D eigenvalue weighted by Gasteiger charge is 2.33. The molecule has 0 spiro atoms. The number of carbonyl (C=O) groups is 2. The van der Waals surface area contributed by atoms with E-state index < -0.39 is 23.5 Å². The average Bonchev–Trinajstić information content (AvgIpc) is 2.77. The van der Waals surface area contributed by atoms with E-state index in [1.807, 2.05) is 0 Å². The average molecular weight is 490 g/mol. The summed E-state index contributed by atoms with van der Waals surface area (Å²) < 4.78 is 60.5. The van der Waals surface area contributed by atoms with E-state index in [-0.39, 0.29) is 47.7 Å². The number of anilines is 1. The minimum atomic E-state index is -4.58. The molecule has 9 heteroatoms. The Labute approximate surface area is 201 Å². The molecule has 0 saturated heterocycles. The lowest BCUT2D eigenvalue weighted by Crippen LogP contribution is -2.19. The van der Waals surface area contributed by atoms with Gasteiger partial charge in [0.2, 0.25) is 11.7 Å². The number of amides is 1. The van der Waals surface area contributed by atoms with Gasteiger partial charge in [-0.25, -0.2) is 4.39 Å². The van der Waals surface area contributed by atoms with Crippen LogP contribution in [0.4, 0.5) is 23.2 Å². The van der Waals surface area contributed by atoms with Gasteiger partial charge in [0.1, 0.15) is 5.82 Å². The van der Waals surface area contributed by atoms with Crippen molar-refractivity contribution in [2.75, 3.05) is 26.0 Å². The highest BCUT2D eigenvalue weighted by Crippen LogP contribution is 2.34. The maximum absolute atomic E-state index is 14.7. The zero-order valence-electron chi connectivity index (χ0n) is 19.6. The van der Waals surface area contributed by atoms with Gasteiger partial charge in [0.15, 0.2) is 5.76 Å². The molecule has 2 aromatic rings. The van der Waals surface area contributed by atoms with Crippen molar-refractivity contribution in [1.29, 1.82) is 0 Å². The summed E-state index contributed by atoms with van der Waals surface area (Å²) in [6.07, 6.45) is -1.58. The largest absolute Gasteiger partial charge is 0.490 e. The normalized spacial score (nSPS) is 14.0. The number of Topliss-reactive ketones (excluding diaryl/α,β-unsaturated/α-hetero) is 1. The van der Waals surface area contributed by atoms with Gasteiger partial charge in [-0.05, 0) is 67.6 Å². The molecule has 0 heterocycles. The van der Waals surface area contributed by atoms with E-state index in [1.54, 1.807) is 44.1 Å². The van der Waals surface area contributed by atoms with E-state index >= 15 is 0 Å². The number of nitrogens with zero attached hydrogens (tertiary/aromatic N) is 1. The smallest absolute Gasteiger partial charge is 0.416 e. The Hall–Kier alpha value is -3.46. The predicted octanol–water partition coefficient (Wildman–Crippen LogP) is 5.36. The first kappa shape index (κ1) is 26.2. The Bertz CT molecular complexity index is 1180. The van der Waals surface area contributed by atoms with E-state index in [4.69, 9.17) is 4.74 Å². The molecular weight excluding hydrogens is 464 g/mol. The molecule has 0 aromatic heterocycles. The van der Waals surface area contributed by atoms with Gasteiger partial charge in [-0.2, -0.15) is 13.2 Å². The van der Waals surface area contributed by atoms with Crippen molar-refractivity contribution in [3.63, 3.8) is 0 Å². The van der Waals surface area contributed by atoms with Crippen molar-refractivity contribution in [2.24, 2.45) is 0 Å². The van der Waals surface area contributed by atoms with Crippen molar-refractivity contribution in [3.8, 4) is 0 Å². The first-order chi connectivity index (χ1) is 16.5. The summed E-state index contributed by atoms with van der Waals surface area (Å²) in [6, 6.07) is 7.91. The zero-order chi connectivity index (χ0) is 25.8. The lowest BCUT2D eigenvalue weighted by Gasteiger charge is -2.18. The molecule has 0 unspecified atom stereocenters. The van der Waals surface area contributed by atoms with E-state index in [0.29, 0.717) is 17.7 Å². The van der Waals surface area contributed by atoms with Crippen molar-refractivity contribution in [3.05, 3.63) is 82.4 Å². The number of allylic oxidation sites excluding steroid dienone is 4. The Balaban J connectivity index is 1.74. The predicted molar refractivity (Wildman–Crippen MR) is 125 cm³/mol. The molecule has 1 N–H and O–H groups in total. The maximum Gasteiger partial charge on any atom is 0.416 e. The molecule has 0 bridgehead atoms. The third-order valence-electron chi connectivity index (χ3n) is 5.29. The van der Waals surface area contributed by atoms with Crippen LogP contribution in [0, 0.1) is 5.82 Å². The van der Waals surface area contributed by atoms with Crippen LogP contribution in [0.25, 0.3) is 5.57 Å². The first-order valence-corrected chi connectivity index (χ1v) is 11.0. The van der Waals surface area contributed by atoms with Gasteiger partial charge in [-0.15, -0.1) is 0 Å². The minimum Gasteiger partial charge on any atom is -0.490 e. The van der Waals surface area contributed by atoms with Crippen LogP contribution in [-0.2, 0) is 33.5 Å². The number of hydrogen-bond donors (Lipinski definition) is 1. The molecule has 2 aromatic carbocycles. The number of carbonyl (C=O) groups excluding carboxylic acids is 2. The highest BCUT2D eigenvalue weighted by molar-refractivity contribution is 6.01. The Morgan fingerprint density at radius 3 is 2.46 bits per heavy atom. The van der Waals surface area contributed by atoms with E-state index in [1.165, 1.54) is 24.3 Å². The molecule has 1 aliphatic rings. The fourth-order valence-corrected chi connectivity index (χ4v) is 3.71. The second-order valence-corrected chi connectivity index (χ2v) is 8.37. The first-order valence-electron chi connectivity index (χ1n) is 11.0.